The Kier molecular flexibility index (Phi) is 10.3. The van der Waals surface area contributed by atoms with Crippen LogP contribution in [0.15, 0.2) is 29.6 Å². The molecule has 0 aliphatic heterocycles. The summed E-state index contributed by atoms with van der Waals surface area (Å²) in [5, 5.41) is 8.34. The molecule has 1 heterocycles. The number of hydrogen-bond acceptors (Lipinski definition) is 5. The van der Waals surface area contributed by atoms with Crippen LogP contribution in [-0.2, 0) is 17.7 Å². The second-order valence-electron chi connectivity index (χ2n) is 6.94. The highest BCUT2D eigenvalue weighted by Crippen LogP contribution is 2.18. The third-order valence-electron chi connectivity index (χ3n) is 4.67. The molecule has 0 aliphatic carbocycles. The van der Waals surface area contributed by atoms with Gasteiger partial charge in [-0.05, 0) is 24.5 Å². The van der Waals surface area contributed by atoms with E-state index >= 15 is 0 Å². The molecule has 0 spiro atoms. The zero-order valence-electron chi connectivity index (χ0n) is 18.1. The fourth-order valence-corrected chi connectivity index (χ4v) is 3.71. The first-order valence-corrected chi connectivity index (χ1v) is 11.3. The van der Waals surface area contributed by atoms with E-state index in [-0.39, 0.29) is 11.9 Å². The van der Waals surface area contributed by atoms with Crippen LogP contribution in [0.2, 0.25) is 0 Å². The van der Waals surface area contributed by atoms with Crippen LogP contribution < -0.4 is 10.6 Å². The van der Waals surface area contributed by atoms with E-state index in [0.29, 0.717) is 36.9 Å². The second-order valence-corrected chi connectivity index (χ2v) is 7.89. The SMILES string of the molecule is CCCCCNC(=O)c1csc(CN(CCOC)C(=O)Nc2ccccc2CC)n1. The molecule has 2 aromatic rings. The highest BCUT2D eigenvalue weighted by atomic mass is 32.1. The number of aryl methyl sites for hydroxylation is 1. The van der Waals surface area contributed by atoms with E-state index < -0.39 is 0 Å². The van der Waals surface area contributed by atoms with Crippen molar-refractivity contribution in [1.82, 2.24) is 15.2 Å². The van der Waals surface area contributed by atoms with E-state index in [0.717, 1.165) is 36.9 Å². The molecule has 30 heavy (non-hydrogen) atoms. The van der Waals surface area contributed by atoms with Gasteiger partial charge in [0.1, 0.15) is 10.7 Å². The van der Waals surface area contributed by atoms with Crippen LogP contribution in [0.3, 0.4) is 0 Å². The molecular formula is C22H32N4O3S. The van der Waals surface area contributed by atoms with Gasteiger partial charge in [-0.1, -0.05) is 44.9 Å². The fourth-order valence-electron chi connectivity index (χ4n) is 2.92. The topological polar surface area (TPSA) is 83.6 Å². The summed E-state index contributed by atoms with van der Waals surface area (Å²) in [5.74, 6) is -0.168. The quantitative estimate of drug-likeness (QED) is 0.490. The maximum Gasteiger partial charge on any atom is 0.322 e. The lowest BCUT2D eigenvalue weighted by atomic mass is 10.1. The minimum Gasteiger partial charge on any atom is -0.383 e. The number of amides is 3. The first-order valence-electron chi connectivity index (χ1n) is 10.4. The van der Waals surface area contributed by atoms with Crippen molar-refractivity contribution in [2.75, 3.05) is 32.1 Å². The fraction of sp³-hybridized carbons (Fsp3) is 0.500. The van der Waals surface area contributed by atoms with Crippen molar-refractivity contribution < 1.29 is 14.3 Å². The Morgan fingerprint density at radius 1 is 1.20 bits per heavy atom. The predicted octanol–water partition coefficient (Wildman–Crippen LogP) is 4.31. The van der Waals surface area contributed by atoms with Crippen LogP contribution in [-0.4, -0.2) is 48.6 Å². The Morgan fingerprint density at radius 3 is 2.73 bits per heavy atom. The lowest BCUT2D eigenvalue weighted by molar-refractivity contribution is 0.0948. The van der Waals surface area contributed by atoms with Crippen LogP contribution in [0, 0.1) is 0 Å². The van der Waals surface area contributed by atoms with Gasteiger partial charge in [-0.25, -0.2) is 9.78 Å². The third-order valence-corrected chi connectivity index (χ3v) is 5.50. The van der Waals surface area contributed by atoms with E-state index in [1.807, 2.05) is 24.3 Å². The van der Waals surface area contributed by atoms with E-state index in [1.54, 1.807) is 17.4 Å². The molecule has 1 aromatic heterocycles. The molecule has 0 atom stereocenters. The minimum absolute atomic E-state index is 0.168. The van der Waals surface area contributed by atoms with Crippen molar-refractivity contribution in [3.05, 3.63) is 45.9 Å². The highest BCUT2D eigenvalue weighted by molar-refractivity contribution is 7.09. The summed E-state index contributed by atoms with van der Waals surface area (Å²) in [6, 6.07) is 7.55. The maximum atomic E-state index is 12.9. The smallest absolute Gasteiger partial charge is 0.322 e. The number of rotatable bonds is 12. The molecule has 2 rings (SSSR count). The Balaban J connectivity index is 2.01. The molecule has 1 aromatic carbocycles. The Hall–Kier alpha value is -2.45. The van der Waals surface area contributed by atoms with Crippen molar-refractivity contribution in [1.29, 1.82) is 0 Å². The lowest BCUT2D eigenvalue weighted by Crippen LogP contribution is -2.37. The molecule has 0 aliphatic rings. The Labute approximate surface area is 182 Å². The summed E-state index contributed by atoms with van der Waals surface area (Å²) >= 11 is 1.38. The van der Waals surface area contributed by atoms with Gasteiger partial charge >= 0.3 is 6.03 Å². The number of hydrogen-bond donors (Lipinski definition) is 2. The molecular weight excluding hydrogens is 400 g/mol. The summed E-state index contributed by atoms with van der Waals surface area (Å²) in [6.07, 6.45) is 3.99. The first-order chi connectivity index (χ1) is 14.6. The third kappa shape index (κ3) is 7.42. The summed E-state index contributed by atoms with van der Waals surface area (Å²) in [4.78, 5) is 31.2. The molecule has 2 N–H and O–H groups in total. The molecule has 0 fully saturated rings. The first kappa shape index (κ1) is 23.8. The molecule has 0 unspecified atom stereocenters. The predicted molar refractivity (Wildman–Crippen MR) is 121 cm³/mol. The minimum atomic E-state index is -0.214. The standard InChI is InChI=1S/C22H32N4O3S/c1-4-6-9-12-23-21(27)19-16-30-20(24-19)15-26(13-14-29-3)22(28)25-18-11-8-7-10-17(18)5-2/h7-8,10-11,16H,4-6,9,12-15H2,1-3H3,(H,23,27)(H,25,28). The second kappa shape index (κ2) is 13.0. The summed E-state index contributed by atoms with van der Waals surface area (Å²) in [7, 11) is 1.60. The van der Waals surface area contributed by atoms with Gasteiger partial charge in [0, 0.05) is 31.3 Å². The van der Waals surface area contributed by atoms with Gasteiger partial charge in [-0.3, -0.25) is 4.79 Å². The van der Waals surface area contributed by atoms with Crippen molar-refractivity contribution in [3.63, 3.8) is 0 Å². The number of urea groups is 1. The molecule has 0 radical (unpaired) electrons. The van der Waals surface area contributed by atoms with Crippen molar-refractivity contribution in [2.45, 2.75) is 46.1 Å². The average molecular weight is 433 g/mol. The zero-order valence-corrected chi connectivity index (χ0v) is 18.9. The molecule has 7 nitrogen and oxygen atoms in total. The van der Waals surface area contributed by atoms with Crippen LogP contribution in [0.5, 0.6) is 0 Å². The molecule has 0 saturated heterocycles. The van der Waals surface area contributed by atoms with Gasteiger partial charge in [-0.2, -0.15) is 0 Å². The molecule has 0 saturated carbocycles. The maximum absolute atomic E-state index is 12.9. The van der Waals surface area contributed by atoms with Crippen LogP contribution >= 0.6 is 11.3 Å². The average Bonchev–Trinajstić information content (AvgIpc) is 3.23. The van der Waals surface area contributed by atoms with E-state index in [2.05, 4.69) is 29.5 Å². The number of nitrogens with zero attached hydrogens (tertiary/aromatic N) is 2. The van der Waals surface area contributed by atoms with Gasteiger partial charge in [0.25, 0.3) is 5.91 Å². The normalized spacial score (nSPS) is 10.6. The molecule has 8 heteroatoms. The number of methoxy groups -OCH3 is 1. The zero-order chi connectivity index (χ0) is 21.8. The van der Waals surface area contributed by atoms with Gasteiger partial charge in [0.15, 0.2) is 0 Å². The number of anilines is 1. The van der Waals surface area contributed by atoms with Crippen molar-refractivity contribution >= 4 is 29.0 Å². The number of aromatic nitrogens is 1. The van der Waals surface area contributed by atoms with Crippen molar-refractivity contribution in [2.24, 2.45) is 0 Å². The molecule has 3 amide bonds. The van der Waals surface area contributed by atoms with E-state index in [4.69, 9.17) is 4.74 Å². The highest BCUT2D eigenvalue weighted by Gasteiger charge is 2.18. The van der Waals surface area contributed by atoms with Crippen molar-refractivity contribution in [3.8, 4) is 0 Å². The summed E-state index contributed by atoms with van der Waals surface area (Å²) in [6.45, 7) is 5.99. The largest absolute Gasteiger partial charge is 0.383 e. The van der Waals surface area contributed by atoms with E-state index in [1.165, 1.54) is 11.3 Å². The number of para-hydroxylation sites is 1. The summed E-state index contributed by atoms with van der Waals surface area (Å²) < 4.78 is 5.16. The number of thiazole rings is 1. The summed E-state index contributed by atoms with van der Waals surface area (Å²) in [5.41, 5.74) is 2.28. The number of unbranched alkanes of at least 4 members (excludes halogenated alkanes) is 2. The molecule has 0 bridgehead atoms. The lowest BCUT2D eigenvalue weighted by Gasteiger charge is -2.22. The van der Waals surface area contributed by atoms with Crippen LogP contribution in [0.4, 0.5) is 10.5 Å². The Bertz CT molecular complexity index is 809. The van der Waals surface area contributed by atoms with Gasteiger partial charge in [0.2, 0.25) is 0 Å². The van der Waals surface area contributed by atoms with Gasteiger partial charge in [-0.15, -0.1) is 11.3 Å². The number of nitrogens with one attached hydrogen (secondary N) is 2. The monoisotopic (exact) mass is 432 g/mol. The number of carbonyl (C=O) groups excluding carboxylic acids is 2. The number of carbonyl (C=O) groups is 2. The van der Waals surface area contributed by atoms with Gasteiger partial charge in [0.05, 0.1) is 13.2 Å². The van der Waals surface area contributed by atoms with E-state index in [9.17, 15) is 9.59 Å². The number of benzene rings is 1. The number of ether oxygens (including phenoxy) is 1. The Morgan fingerprint density at radius 2 is 2.00 bits per heavy atom. The molecule has 164 valence electrons. The van der Waals surface area contributed by atoms with Crippen LogP contribution in [0.1, 0.15) is 54.2 Å². The van der Waals surface area contributed by atoms with Gasteiger partial charge < -0.3 is 20.3 Å². The van der Waals surface area contributed by atoms with Crippen LogP contribution in [0.25, 0.3) is 0 Å².